The molecule has 0 radical (unpaired) electrons. The van der Waals surface area contributed by atoms with E-state index >= 15 is 0 Å². The first kappa shape index (κ1) is 16.0. The lowest BCUT2D eigenvalue weighted by Gasteiger charge is -2.27. The van der Waals surface area contributed by atoms with Gasteiger partial charge in [0.2, 0.25) is 0 Å². The molecule has 0 spiro atoms. The summed E-state index contributed by atoms with van der Waals surface area (Å²) in [6.07, 6.45) is 1.01. The van der Waals surface area contributed by atoms with Crippen molar-refractivity contribution in [3.05, 3.63) is 29.6 Å². The van der Waals surface area contributed by atoms with Crippen molar-refractivity contribution in [3.8, 4) is 0 Å². The van der Waals surface area contributed by atoms with Gasteiger partial charge in [-0.2, -0.15) is 0 Å². The minimum atomic E-state index is 0.294. The quantitative estimate of drug-likeness (QED) is 0.911. The number of fused-ring (bicyclic) bond motifs is 1. The Morgan fingerprint density at radius 1 is 1.19 bits per heavy atom. The second kappa shape index (κ2) is 5.80. The van der Waals surface area contributed by atoms with E-state index in [1.54, 1.807) is 0 Å². The third kappa shape index (κ3) is 3.29. The topological polar surface area (TPSA) is 43.8 Å². The maximum Gasteiger partial charge on any atom is 0.110 e. The van der Waals surface area contributed by atoms with Gasteiger partial charge >= 0.3 is 0 Å². The van der Waals surface area contributed by atoms with E-state index in [1.165, 1.54) is 11.3 Å². The maximum atomic E-state index is 5.75. The van der Waals surface area contributed by atoms with Gasteiger partial charge in [-0.1, -0.05) is 33.8 Å². The highest BCUT2D eigenvalue weighted by molar-refractivity contribution is 5.77. The van der Waals surface area contributed by atoms with Crippen LogP contribution in [-0.4, -0.2) is 9.55 Å². The molecule has 1 atom stereocenters. The van der Waals surface area contributed by atoms with E-state index in [-0.39, 0.29) is 0 Å². The number of rotatable bonds is 4. The van der Waals surface area contributed by atoms with Crippen LogP contribution in [0.25, 0.3) is 11.0 Å². The fraction of sp³-hybridized carbons (Fsp3) is 0.611. The highest BCUT2D eigenvalue weighted by Crippen LogP contribution is 2.30. The second-order valence-electron chi connectivity index (χ2n) is 7.49. The van der Waals surface area contributed by atoms with Gasteiger partial charge in [-0.05, 0) is 42.9 Å². The molecule has 3 heteroatoms. The van der Waals surface area contributed by atoms with E-state index in [0.29, 0.717) is 23.9 Å². The van der Waals surface area contributed by atoms with Crippen LogP contribution in [-0.2, 0) is 13.0 Å². The molecular weight excluding hydrogens is 258 g/mol. The third-order valence-corrected chi connectivity index (χ3v) is 4.55. The summed E-state index contributed by atoms with van der Waals surface area (Å²) in [5.74, 6) is 1.78. The van der Waals surface area contributed by atoms with Crippen molar-refractivity contribution in [3.63, 3.8) is 0 Å². The first-order valence-corrected chi connectivity index (χ1v) is 7.93. The summed E-state index contributed by atoms with van der Waals surface area (Å²) in [5.41, 5.74) is 9.48. The van der Waals surface area contributed by atoms with Crippen LogP contribution in [0.5, 0.6) is 0 Å². The Balaban J connectivity index is 2.49. The molecule has 0 aliphatic carbocycles. The van der Waals surface area contributed by atoms with E-state index in [2.05, 4.69) is 64.3 Å². The smallest absolute Gasteiger partial charge is 0.110 e. The van der Waals surface area contributed by atoms with Gasteiger partial charge in [0.25, 0.3) is 0 Å². The molecule has 0 saturated heterocycles. The minimum Gasteiger partial charge on any atom is -0.326 e. The zero-order valence-corrected chi connectivity index (χ0v) is 14.3. The standard InChI is InChI=1S/C18H29N3/c1-12(2)21-16-8-7-14(11-19)10-15(16)20-17(21)9-13(3)18(4,5)6/h7-8,10,12-13H,9,11,19H2,1-6H3. The molecule has 1 heterocycles. The van der Waals surface area contributed by atoms with E-state index in [4.69, 9.17) is 10.7 Å². The van der Waals surface area contributed by atoms with E-state index < -0.39 is 0 Å². The van der Waals surface area contributed by atoms with E-state index in [1.807, 2.05) is 0 Å². The maximum absolute atomic E-state index is 5.75. The first-order valence-electron chi connectivity index (χ1n) is 7.93. The molecule has 21 heavy (non-hydrogen) atoms. The van der Waals surface area contributed by atoms with Gasteiger partial charge in [-0.15, -0.1) is 0 Å². The molecule has 116 valence electrons. The van der Waals surface area contributed by atoms with Gasteiger partial charge in [-0.3, -0.25) is 0 Å². The number of aromatic nitrogens is 2. The second-order valence-corrected chi connectivity index (χ2v) is 7.49. The predicted octanol–water partition coefficient (Wildman–Crippen LogP) is 4.30. The number of imidazole rings is 1. The Kier molecular flexibility index (Phi) is 4.43. The molecule has 0 amide bonds. The number of hydrogen-bond donors (Lipinski definition) is 1. The SMILES string of the molecule is CC(C)n1c(CC(C)C(C)(C)C)nc2cc(CN)ccc21. The number of benzene rings is 1. The molecule has 2 rings (SSSR count). The van der Waals surface area contributed by atoms with E-state index in [9.17, 15) is 0 Å². The van der Waals surface area contributed by atoms with Crippen molar-refractivity contribution in [1.82, 2.24) is 9.55 Å². The summed E-state index contributed by atoms with van der Waals surface area (Å²) in [4.78, 5) is 4.90. The van der Waals surface area contributed by atoms with Crippen LogP contribution < -0.4 is 5.73 Å². The molecule has 1 aromatic heterocycles. The summed E-state index contributed by atoms with van der Waals surface area (Å²) in [6.45, 7) is 14.2. The molecule has 0 aliphatic rings. The van der Waals surface area contributed by atoms with Crippen molar-refractivity contribution in [2.24, 2.45) is 17.1 Å². The summed E-state index contributed by atoms with van der Waals surface area (Å²) < 4.78 is 2.37. The van der Waals surface area contributed by atoms with Crippen LogP contribution in [0.4, 0.5) is 0 Å². The minimum absolute atomic E-state index is 0.294. The summed E-state index contributed by atoms with van der Waals surface area (Å²) >= 11 is 0. The number of hydrogen-bond acceptors (Lipinski definition) is 2. The lowest BCUT2D eigenvalue weighted by Crippen LogP contribution is -2.21. The molecule has 1 aromatic carbocycles. The van der Waals surface area contributed by atoms with Crippen LogP contribution in [0.15, 0.2) is 18.2 Å². The highest BCUT2D eigenvalue weighted by Gasteiger charge is 2.23. The summed E-state index contributed by atoms with van der Waals surface area (Å²) in [5, 5.41) is 0. The highest BCUT2D eigenvalue weighted by atomic mass is 15.1. The number of nitrogens with zero attached hydrogens (tertiary/aromatic N) is 2. The molecule has 0 aliphatic heterocycles. The average Bonchev–Trinajstić information content (AvgIpc) is 2.74. The Labute approximate surface area is 128 Å². The Morgan fingerprint density at radius 2 is 1.86 bits per heavy atom. The fourth-order valence-corrected chi connectivity index (χ4v) is 2.62. The lowest BCUT2D eigenvalue weighted by molar-refractivity contribution is 0.254. The van der Waals surface area contributed by atoms with Gasteiger partial charge in [0.05, 0.1) is 11.0 Å². The zero-order chi connectivity index (χ0) is 15.8. The number of nitrogens with two attached hydrogens (primary N) is 1. The van der Waals surface area contributed by atoms with Crippen LogP contribution in [0.2, 0.25) is 0 Å². The monoisotopic (exact) mass is 287 g/mol. The largest absolute Gasteiger partial charge is 0.326 e. The summed E-state index contributed by atoms with van der Waals surface area (Å²) in [7, 11) is 0. The van der Waals surface area contributed by atoms with Crippen molar-refractivity contribution in [1.29, 1.82) is 0 Å². The summed E-state index contributed by atoms with van der Waals surface area (Å²) in [6, 6.07) is 6.82. The van der Waals surface area contributed by atoms with Gasteiger partial charge in [0.15, 0.2) is 0 Å². The molecule has 2 N–H and O–H groups in total. The van der Waals surface area contributed by atoms with Gasteiger partial charge in [0, 0.05) is 19.0 Å². The van der Waals surface area contributed by atoms with Crippen molar-refractivity contribution in [2.75, 3.05) is 0 Å². The fourth-order valence-electron chi connectivity index (χ4n) is 2.62. The average molecular weight is 287 g/mol. The van der Waals surface area contributed by atoms with Gasteiger partial charge in [-0.25, -0.2) is 4.98 Å². The Morgan fingerprint density at radius 3 is 2.38 bits per heavy atom. The molecule has 0 bridgehead atoms. The van der Waals surface area contributed by atoms with Crippen LogP contribution in [0.3, 0.4) is 0 Å². The van der Waals surface area contributed by atoms with Crippen molar-refractivity contribution < 1.29 is 0 Å². The molecule has 1 unspecified atom stereocenters. The Hall–Kier alpha value is -1.35. The molecule has 0 fully saturated rings. The van der Waals surface area contributed by atoms with Crippen LogP contribution in [0, 0.1) is 11.3 Å². The zero-order valence-electron chi connectivity index (χ0n) is 14.3. The third-order valence-electron chi connectivity index (χ3n) is 4.55. The van der Waals surface area contributed by atoms with Crippen molar-refractivity contribution in [2.45, 2.75) is 60.5 Å². The van der Waals surface area contributed by atoms with Crippen LogP contribution in [0.1, 0.15) is 59.0 Å². The van der Waals surface area contributed by atoms with Crippen molar-refractivity contribution >= 4 is 11.0 Å². The molecule has 0 saturated carbocycles. The lowest BCUT2D eigenvalue weighted by atomic mass is 9.80. The molecular formula is C18H29N3. The predicted molar refractivity (Wildman–Crippen MR) is 90.3 cm³/mol. The van der Waals surface area contributed by atoms with E-state index in [0.717, 1.165) is 17.5 Å². The van der Waals surface area contributed by atoms with Gasteiger partial charge < -0.3 is 10.3 Å². The van der Waals surface area contributed by atoms with Crippen LogP contribution >= 0.6 is 0 Å². The molecule has 3 nitrogen and oxygen atoms in total. The Bertz CT molecular complexity index is 617. The first-order chi connectivity index (χ1) is 9.74. The molecule has 2 aromatic rings. The van der Waals surface area contributed by atoms with Gasteiger partial charge in [0.1, 0.15) is 5.82 Å². The normalized spacial score (nSPS) is 14.1.